The van der Waals surface area contributed by atoms with E-state index in [2.05, 4.69) is 20.5 Å². The monoisotopic (exact) mass is 682 g/mol. The molecule has 14 heteroatoms. The molecule has 242 valence electrons. The Morgan fingerprint density at radius 1 is 0.500 bits per heavy atom. The Balaban J connectivity index is 1.31. The maximum atomic E-state index is 12.1. The van der Waals surface area contributed by atoms with Gasteiger partial charge in [-0.15, -0.1) is 10.2 Å². The number of rotatable bonds is 7. The first-order chi connectivity index (χ1) is 22.7. The first-order valence-electron chi connectivity index (χ1n) is 14.2. The molecule has 0 aromatic heterocycles. The largest absolute Gasteiger partial charge is 0.505 e. The van der Waals surface area contributed by atoms with Crippen LogP contribution in [0, 0.1) is 13.8 Å². The molecule has 0 saturated carbocycles. The van der Waals surface area contributed by atoms with Crippen LogP contribution >= 0.6 is 0 Å². The summed E-state index contributed by atoms with van der Waals surface area (Å²) in [4.78, 5) is -1.15. The Morgan fingerprint density at radius 3 is 1.23 bits per heavy atom. The maximum Gasteiger partial charge on any atom is 0.296 e. The van der Waals surface area contributed by atoms with Gasteiger partial charge in [0, 0.05) is 10.8 Å². The molecule has 0 aliphatic rings. The fourth-order valence-corrected chi connectivity index (χ4v) is 6.59. The van der Waals surface area contributed by atoms with E-state index < -0.39 is 41.5 Å². The molecule has 0 bridgehead atoms. The summed E-state index contributed by atoms with van der Waals surface area (Å²) in [6.07, 6.45) is 0. The second kappa shape index (κ2) is 12.2. The van der Waals surface area contributed by atoms with Gasteiger partial charge in [-0.25, -0.2) is 0 Å². The number of aryl methyl sites for hydroxylation is 2. The third-order valence-corrected chi connectivity index (χ3v) is 9.45. The van der Waals surface area contributed by atoms with Crippen LogP contribution in [0.2, 0.25) is 0 Å². The highest BCUT2D eigenvalue weighted by Crippen LogP contribution is 2.43. The number of hydrogen-bond donors (Lipinski definition) is 4. The van der Waals surface area contributed by atoms with Gasteiger partial charge in [0.2, 0.25) is 0 Å². The average molecular weight is 683 g/mol. The molecule has 0 radical (unpaired) electrons. The van der Waals surface area contributed by atoms with Crippen molar-refractivity contribution in [1.29, 1.82) is 0 Å². The van der Waals surface area contributed by atoms with Crippen LogP contribution in [-0.2, 0) is 20.2 Å². The van der Waals surface area contributed by atoms with Crippen LogP contribution in [0.15, 0.2) is 127 Å². The van der Waals surface area contributed by atoms with Crippen molar-refractivity contribution in [2.75, 3.05) is 0 Å². The molecule has 0 heterocycles. The lowest BCUT2D eigenvalue weighted by atomic mass is 10.0. The molecule has 4 N–H and O–H groups in total. The number of fused-ring (bicyclic) bond motifs is 2. The van der Waals surface area contributed by atoms with Gasteiger partial charge in [0.05, 0.1) is 11.4 Å². The molecule has 0 unspecified atom stereocenters. The molecule has 0 aliphatic heterocycles. The molecule has 0 spiro atoms. The molecule has 12 nitrogen and oxygen atoms in total. The Bertz CT molecular complexity index is 2390. The number of hydrogen-bond acceptors (Lipinski definition) is 10. The molecule has 48 heavy (non-hydrogen) atoms. The summed E-state index contributed by atoms with van der Waals surface area (Å²) in [7, 11) is -9.46. The standard InChI is InChI=1S/C34H26N4O8S2/c1-19-15-21(11-13-27(19)35-37-31-29(47(41,42)43)17-23-7-3-5-9-25(23)33(31)39)22-12-14-28(20(2)16-22)36-38-32-30(48(44,45)46)18-24-8-4-6-10-26(24)34(32)40/h3-18,39-40H,1-2H3,(H,41,42,43)(H,44,45,46). The average Bonchev–Trinajstić information content (AvgIpc) is 3.04. The van der Waals surface area contributed by atoms with Gasteiger partial charge < -0.3 is 10.2 Å². The van der Waals surface area contributed by atoms with Crippen LogP contribution in [0.4, 0.5) is 22.7 Å². The van der Waals surface area contributed by atoms with E-state index in [1.807, 2.05) is 12.1 Å². The molecule has 0 atom stereocenters. The smallest absolute Gasteiger partial charge is 0.296 e. The third-order valence-electron chi connectivity index (χ3n) is 7.72. The topological polar surface area (TPSA) is 199 Å². The molecular weight excluding hydrogens is 657 g/mol. The van der Waals surface area contributed by atoms with Crippen LogP contribution in [0.25, 0.3) is 32.7 Å². The van der Waals surface area contributed by atoms with Crippen LogP contribution in [0.3, 0.4) is 0 Å². The van der Waals surface area contributed by atoms with Gasteiger partial charge >= 0.3 is 0 Å². The fourth-order valence-electron chi connectivity index (χ4n) is 5.27. The molecule has 6 rings (SSSR count). The van der Waals surface area contributed by atoms with E-state index in [-0.39, 0.29) is 11.4 Å². The van der Waals surface area contributed by atoms with Gasteiger partial charge in [0.15, 0.2) is 11.5 Å². The first-order valence-corrected chi connectivity index (χ1v) is 17.1. The summed E-state index contributed by atoms with van der Waals surface area (Å²) < 4.78 is 68.0. The number of nitrogens with zero attached hydrogens (tertiary/aromatic N) is 4. The molecule has 0 amide bonds. The van der Waals surface area contributed by atoms with E-state index in [9.17, 15) is 36.2 Å². The van der Waals surface area contributed by atoms with E-state index in [0.29, 0.717) is 44.0 Å². The van der Waals surface area contributed by atoms with E-state index in [1.54, 1.807) is 86.6 Å². The van der Waals surface area contributed by atoms with Gasteiger partial charge in [-0.1, -0.05) is 60.7 Å². The lowest BCUT2D eigenvalue weighted by Crippen LogP contribution is -1.99. The van der Waals surface area contributed by atoms with E-state index >= 15 is 0 Å². The van der Waals surface area contributed by atoms with E-state index in [4.69, 9.17) is 0 Å². The summed E-state index contributed by atoms with van der Waals surface area (Å²) in [6, 6.07) is 26.0. The lowest BCUT2D eigenvalue weighted by Gasteiger charge is -2.10. The van der Waals surface area contributed by atoms with Crippen molar-refractivity contribution in [2.24, 2.45) is 20.5 Å². The zero-order valence-corrected chi connectivity index (χ0v) is 26.9. The Kier molecular flexibility index (Phi) is 8.26. The zero-order valence-electron chi connectivity index (χ0n) is 25.3. The van der Waals surface area contributed by atoms with Gasteiger partial charge in [0.25, 0.3) is 20.2 Å². The van der Waals surface area contributed by atoms with Crippen LogP contribution in [0.1, 0.15) is 11.1 Å². The summed E-state index contributed by atoms with van der Waals surface area (Å²) >= 11 is 0. The lowest BCUT2D eigenvalue weighted by molar-refractivity contribution is 0.471. The fraction of sp³-hybridized carbons (Fsp3) is 0.0588. The predicted octanol–water partition coefficient (Wildman–Crippen LogP) is 9.01. The highest BCUT2D eigenvalue weighted by atomic mass is 32.2. The van der Waals surface area contributed by atoms with Gasteiger partial charge in [0.1, 0.15) is 21.2 Å². The van der Waals surface area contributed by atoms with Gasteiger partial charge in [-0.3, -0.25) is 9.11 Å². The van der Waals surface area contributed by atoms with E-state index in [1.165, 1.54) is 12.1 Å². The van der Waals surface area contributed by atoms with Crippen molar-refractivity contribution in [3.05, 3.63) is 108 Å². The highest BCUT2D eigenvalue weighted by molar-refractivity contribution is 7.86. The summed E-state index contributed by atoms with van der Waals surface area (Å²) in [5, 5.41) is 39.4. The SMILES string of the molecule is Cc1cc(-c2ccc(N=Nc3c(S(=O)(=O)O)cc4ccccc4c3O)c(C)c2)ccc1N=Nc1c(S(=O)(=O)O)cc2ccccc2c1O. The van der Waals surface area contributed by atoms with E-state index in [0.717, 1.165) is 11.1 Å². The Hall–Kier alpha value is -5.54. The molecule has 0 aliphatic carbocycles. The molecule has 0 saturated heterocycles. The van der Waals surface area contributed by atoms with Gasteiger partial charge in [-0.05, 0) is 83.3 Å². The quantitative estimate of drug-likeness (QED) is 0.0944. The Morgan fingerprint density at radius 2 is 0.875 bits per heavy atom. The van der Waals surface area contributed by atoms with Crippen LogP contribution in [0.5, 0.6) is 11.5 Å². The minimum absolute atomic E-state index is 0.345. The summed E-state index contributed by atoms with van der Waals surface area (Å²) in [5.41, 5.74) is 2.95. The Labute approximate surface area is 274 Å². The molecular formula is C34H26N4O8S2. The van der Waals surface area contributed by atoms with Crippen molar-refractivity contribution in [3.8, 4) is 22.6 Å². The molecule has 6 aromatic rings. The van der Waals surface area contributed by atoms with Crippen molar-refractivity contribution in [1.82, 2.24) is 0 Å². The summed E-state index contributed by atoms with van der Waals surface area (Å²) in [5.74, 6) is -0.868. The number of benzene rings is 6. The van der Waals surface area contributed by atoms with Crippen LogP contribution in [-0.4, -0.2) is 36.2 Å². The summed E-state index contributed by atoms with van der Waals surface area (Å²) in [6.45, 7) is 3.56. The number of phenolic OH excluding ortho intramolecular Hbond substituents is 2. The predicted molar refractivity (Wildman–Crippen MR) is 181 cm³/mol. The van der Waals surface area contributed by atoms with Crippen molar-refractivity contribution in [3.63, 3.8) is 0 Å². The highest BCUT2D eigenvalue weighted by Gasteiger charge is 2.23. The number of phenols is 2. The normalized spacial score (nSPS) is 12.5. The first kappa shape index (κ1) is 32.4. The molecule has 0 fully saturated rings. The second-order valence-corrected chi connectivity index (χ2v) is 13.7. The minimum atomic E-state index is -4.73. The maximum absolute atomic E-state index is 12.1. The minimum Gasteiger partial charge on any atom is -0.505 e. The zero-order chi connectivity index (χ0) is 34.4. The van der Waals surface area contributed by atoms with Crippen molar-refractivity contribution < 1.29 is 36.2 Å². The number of aromatic hydroxyl groups is 2. The van der Waals surface area contributed by atoms with Crippen molar-refractivity contribution in [2.45, 2.75) is 23.6 Å². The van der Waals surface area contributed by atoms with Crippen LogP contribution < -0.4 is 0 Å². The second-order valence-electron chi connectivity index (χ2n) is 10.9. The molecule has 6 aromatic carbocycles. The number of azo groups is 2. The third kappa shape index (κ3) is 6.24. The van der Waals surface area contributed by atoms with Gasteiger partial charge in [-0.2, -0.15) is 27.1 Å². The van der Waals surface area contributed by atoms with Crippen molar-refractivity contribution >= 4 is 64.5 Å².